The van der Waals surface area contributed by atoms with E-state index in [1.54, 1.807) is 0 Å². The summed E-state index contributed by atoms with van der Waals surface area (Å²) < 4.78 is 1.22. The van der Waals surface area contributed by atoms with Gasteiger partial charge in [0.15, 0.2) is 0 Å². The molecule has 0 radical (unpaired) electrons. The molecule has 1 fully saturated rings. The fraction of sp³-hybridized carbons (Fsp3) is 0.625. The van der Waals surface area contributed by atoms with Crippen molar-refractivity contribution in [3.05, 3.63) is 28.2 Å². The topological polar surface area (TPSA) is 15.3 Å². The fourth-order valence-corrected chi connectivity index (χ4v) is 3.28. The van der Waals surface area contributed by atoms with Gasteiger partial charge in [-0.25, -0.2) is 0 Å². The van der Waals surface area contributed by atoms with Crippen LogP contribution in [0.3, 0.4) is 0 Å². The second-order valence-corrected chi connectivity index (χ2v) is 6.30. The number of anilines is 1. The van der Waals surface area contributed by atoms with Crippen LogP contribution in [0.5, 0.6) is 0 Å². The summed E-state index contributed by atoms with van der Waals surface area (Å²) in [6.45, 7) is 7.64. The van der Waals surface area contributed by atoms with Gasteiger partial charge < -0.3 is 10.2 Å². The highest BCUT2D eigenvalue weighted by Crippen LogP contribution is 2.28. The van der Waals surface area contributed by atoms with Gasteiger partial charge in [-0.1, -0.05) is 41.8 Å². The van der Waals surface area contributed by atoms with Crippen LogP contribution in [0.2, 0.25) is 0 Å². The van der Waals surface area contributed by atoms with Gasteiger partial charge in [0.1, 0.15) is 0 Å². The Kier molecular flexibility index (Phi) is 5.71. The quantitative estimate of drug-likeness (QED) is 0.886. The van der Waals surface area contributed by atoms with Gasteiger partial charge in [-0.3, -0.25) is 0 Å². The third-order valence-corrected chi connectivity index (χ3v) is 4.72. The Bertz CT molecular complexity index is 406. The molecule has 0 saturated carbocycles. The van der Waals surface area contributed by atoms with Crippen molar-refractivity contribution < 1.29 is 0 Å². The number of hydrogen-bond acceptors (Lipinski definition) is 2. The summed E-state index contributed by atoms with van der Waals surface area (Å²) in [6.07, 6.45) is 5.38. The predicted octanol–water partition coefficient (Wildman–Crippen LogP) is 4.33. The van der Waals surface area contributed by atoms with E-state index in [9.17, 15) is 0 Å². The van der Waals surface area contributed by atoms with Gasteiger partial charge in [-0.05, 0) is 44.0 Å². The van der Waals surface area contributed by atoms with Crippen LogP contribution < -0.4 is 10.2 Å². The van der Waals surface area contributed by atoms with E-state index in [0.717, 1.165) is 13.1 Å². The zero-order valence-corrected chi connectivity index (χ0v) is 13.7. The van der Waals surface area contributed by atoms with Crippen molar-refractivity contribution in [3.8, 4) is 0 Å². The van der Waals surface area contributed by atoms with Gasteiger partial charge in [-0.2, -0.15) is 0 Å². The summed E-state index contributed by atoms with van der Waals surface area (Å²) in [5, 5.41) is 3.38. The zero-order valence-electron chi connectivity index (χ0n) is 12.1. The fourth-order valence-electron chi connectivity index (χ4n) is 2.78. The number of rotatable bonds is 4. The maximum absolute atomic E-state index is 3.72. The Morgan fingerprint density at radius 3 is 2.89 bits per heavy atom. The molecule has 0 bridgehead atoms. The van der Waals surface area contributed by atoms with Crippen LogP contribution in [0.1, 0.15) is 45.1 Å². The molecule has 1 aromatic carbocycles. The van der Waals surface area contributed by atoms with E-state index < -0.39 is 0 Å². The van der Waals surface area contributed by atoms with Crippen LogP contribution in [-0.2, 0) is 6.54 Å². The van der Waals surface area contributed by atoms with Gasteiger partial charge in [0.05, 0.1) is 0 Å². The molecule has 0 spiro atoms. The summed E-state index contributed by atoms with van der Waals surface area (Å²) in [7, 11) is 0. The van der Waals surface area contributed by atoms with Crippen molar-refractivity contribution in [3.63, 3.8) is 0 Å². The van der Waals surface area contributed by atoms with E-state index in [-0.39, 0.29) is 0 Å². The van der Waals surface area contributed by atoms with E-state index in [1.807, 2.05) is 0 Å². The highest BCUT2D eigenvalue weighted by molar-refractivity contribution is 9.10. The first-order valence-corrected chi connectivity index (χ1v) is 8.27. The molecule has 2 nitrogen and oxygen atoms in total. The summed E-state index contributed by atoms with van der Waals surface area (Å²) in [6, 6.07) is 7.47. The zero-order chi connectivity index (χ0) is 13.7. The lowest BCUT2D eigenvalue weighted by molar-refractivity contribution is 0.616. The van der Waals surface area contributed by atoms with Crippen LogP contribution in [0.25, 0.3) is 0 Å². The van der Waals surface area contributed by atoms with Gasteiger partial charge in [-0.15, -0.1) is 0 Å². The minimum absolute atomic E-state index is 0.661. The van der Waals surface area contributed by atoms with Crippen molar-refractivity contribution in [1.82, 2.24) is 5.32 Å². The Labute approximate surface area is 125 Å². The molecule has 3 heteroatoms. The first kappa shape index (κ1) is 14.9. The predicted molar refractivity (Wildman–Crippen MR) is 86.8 cm³/mol. The largest absolute Gasteiger partial charge is 0.369 e. The Morgan fingerprint density at radius 1 is 1.32 bits per heavy atom. The van der Waals surface area contributed by atoms with Crippen LogP contribution >= 0.6 is 15.9 Å². The first-order valence-electron chi connectivity index (χ1n) is 7.48. The average Bonchev–Trinajstić information content (AvgIpc) is 2.62. The number of halogens is 1. The molecule has 1 unspecified atom stereocenters. The van der Waals surface area contributed by atoms with Crippen LogP contribution in [0, 0.1) is 0 Å². The van der Waals surface area contributed by atoms with Gasteiger partial charge in [0.2, 0.25) is 0 Å². The standard InChI is InChI=1S/C16H25BrN2/c1-3-18-12-14-8-9-15(11-16(14)17)19-10-6-4-5-7-13(19)2/h8-9,11,13,18H,3-7,10,12H2,1-2H3. The third kappa shape index (κ3) is 3.96. The van der Waals surface area contributed by atoms with Crippen molar-refractivity contribution in [1.29, 1.82) is 0 Å². The number of nitrogens with zero attached hydrogens (tertiary/aromatic N) is 1. The highest BCUT2D eigenvalue weighted by atomic mass is 79.9. The molecule has 1 aromatic rings. The molecular weight excluding hydrogens is 300 g/mol. The maximum Gasteiger partial charge on any atom is 0.0380 e. The lowest BCUT2D eigenvalue weighted by atomic mass is 10.1. The van der Waals surface area contributed by atoms with Crippen LogP contribution in [-0.4, -0.2) is 19.1 Å². The number of nitrogens with one attached hydrogen (secondary N) is 1. The molecule has 1 N–H and O–H groups in total. The third-order valence-electron chi connectivity index (χ3n) is 3.99. The maximum atomic E-state index is 3.72. The molecule has 0 amide bonds. The summed E-state index contributed by atoms with van der Waals surface area (Å²) in [5.74, 6) is 0. The van der Waals surface area contributed by atoms with Gasteiger partial charge >= 0.3 is 0 Å². The molecule has 1 aliphatic heterocycles. The second kappa shape index (κ2) is 7.30. The smallest absolute Gasteiger partial charge is 0.0380 e. The lowest BCUT2D eigenvalue weighted by Gasteiger charge is -2.30. The molecule has 0 aromatic heterocycles. The van der Waals surface area contributed by atoms with Crippen molar-refractivity contribution in [2.45, 2.75) is 52.1 Å². The minimum Gasteiger partial charge on any atom is -0.369 e. The normalized spacial score (nSPS) is 20.4. The summed E-state index contributed by atoms with van der Waals surface area (Å²) in [5.41, 5.74) is 2.70. The summed E-state index contributed by atoms with van der Waals surface area (Å²) >= 11 is 3.72. The van der Waals surface area contributed by atoms with Crippen LogP contribution in [0.15, 0.2) is 22.7 Å². The average molecular weight is 325 g/mol. The van der Waals surface area contributed by atoms with E-state index in [4.69, 9.17) is 0 Å². The Hall–Kier alpha value is -0.540. The molecule has 19 heavy (non-hydrogen) atoms. The molecule has 1 saturated heterocycles. The molecule has 1 atom stereocenters. The van der Waals surface area contributed by atoms with E-state index in [0.29, 0.717) is 6.04 Å². The van der Waals surface area contributed by atoms with Crippen LogP contribution in [0.4, 0.5) is 5.69 Å². The molecule has 1 aliphatic rings. The molecule has 106 valence electrons. The second-order valence-electron chi connectivity index (χ2n) is 5.45. The lowest BCUT2D eigenvalue weighted by Crippen LogP contribution is -2.32. The monoisotopic (exact) mass is 324 g/mol. The Morgan fingerprint density at radius 2 is 2.16 bits per heavy atom. The summed E-state index contributed by atoms with van der Waals surface area (Å²) in [4.78, 5) is 2.56. The van der Waals surface area contributed by atoms with Gasteiger partial charge in [0.25, 0.3) is 0 Å². The highest BCUT2D eigenvalue weighted by Gasteiger charge is 2.17. The van der Waals surface area contributed by atoms with E-state index in [2.05, 4.69) is 58.2 Å². The number of hydrogen-bond donors (Lipinski definition) is 1. The molecule has 1 heterocycles. The Balaban J connectivity index is 2.13. The van der Waals surface area contributed by atoms with Crippen molar-refractivity contribution in [2.24, 2.45) is 0 Å². The minimum atomic E-state index is 0.661. The van der Waals surface area contributed by atoms with Crippen molar-refractivity contribution in [2.75, 3.05) is 18.0 Å². The molecular formula is C16H25BrN2. The molecule has 2 rings (SSSR count). The van der Waals surface area contributed by atoms with E-state index >= 15 is 0 Å². The van der Waals surface area contributed by atoms with Crippen molar-refractivity contribution >= 4 is 21.6 Å². The van der Waals surface area contributed by atoms with E-state index in [1.165, 1.54) is 48.0 Å². The first-order chi connectivity index (χ1) is 9.22. The number of benzene rings is 1. The SMILES string of the molecule is CCNCc1ccc(N2CCCCCC2C)cc1Br. The van der Waals surface area contributed by atoms with Gasteiger partial charge in [0, 0.05) is 29.3 Å². The molecule has 0 aliphatic carbocycles.